The number of quaternary nitrogens is 1. The summed E-state index contributed by atoms with van der Waals surface area (Å²) >= 11 is 0. The van der Waals surface area contributed by atoms with Crippen molar-refractivity contribution in [2.45, 2.75) is 12.5 Å². The van der Waals surface area contributed by atoms with Crippen molar-refractivity contribution in [1.82, 2.24) is 0 Å². The molecule has 158 valence electrons. The molecule has 0 spiro atoms. The molecule has 1 atom stereocenters. The van der Waals surface area contributed by atoms with Gasteiger partial charge in [-0.2, -0.15) is 0 Å². The average Bonchev–Trinajstić information content (AvgIpc) is 3.12. The standard InChI is InChI=1S/C25H25N3O3/c1-31-23-12-5-4-10-21(23)26-13-15-27(16-14-26)22-17-24(29)28(25(22)30)20-11-6-8-18-7-2-3-9-19(18)20/h2-12,22H,13-17H2,1H3/p+1/t22-/m1/s1. The fourth-order valence-electron chi connectivity index (χ4n) is 4.88. The number of hydrogen-bond donors (Lipinski definition) is 1. The Balaban J connectivity index is 1.34. The molecule has 31 heavy (non-hydrogen) atoms. The molecule has 5 rings (SSSR count). The first-order valence-corrected chi connectivity index (χ1v) is 10.7. The van der Waals surface area contributed by atoms with Crippen LogP contribution in [0.4, 0.5) is 11.4 Å². The molecule has 2 amide bonds. The van der Waals surface area contributed by atoms with E-state index < -0.39 is 0 Å². The second-order valence-electron chi connectivity index (χ2n) is 8.14. The fourth-order valence-corrected chi connectivity index (χ4v) is 4.88. The van der Waals surface area contributed by atoms with E-state index in [0.717, 1.165) is 48.4 Å². The van der Waals surface area contributed by atoms with Crippen molar-refractivity contribution >= 4 is 34.0 Å². The van der Waals surface area contributed by atoms with Gasteiger partial charge in [-0.3, -0.25) is 9.59 Å². The Hall–Kier alpha value is -3.38. The SMILES string of the molecule is COc1ccccc1N1CC[NH+]([C@@H]2CC(=O)N(c3cccc4ccccc34)C2=O)CC1. The minimum Gasteiger partial charge on any atom is -0.495 e. The number of imide groups is 1. The maximum absolute atomic E-state index is 13.4. The van der Waals surface area contributed by atoms with Crippen molar-refractivity contribution in [3.8, 4) is 5.75 Å². The third-order valence-corrected chi connectivity index (χ3v) is 6.48. The average molecular weight is 417 g/mol. The van der Waals surface area contributed by atoms with Crippen molar-refractivity contribution in [3.05, 3.63) is 66.7 Å². The van der Waals surface area contributed by atoms with Crippen LogP contribution in [0.25, 0.3) is 10.8 Å². The molecule has 2 aliphatic heterocycles. The normalized spacial score (nSPS) is 20.0. The third kappa shape index (κ3) is 3.43. The number of carbonyl (C=O) groups is 2. The number of hydrogen-bond acceptors (Lipinski definition) is 4. The zero-order chi connectivity index (χ0) is 21.4. The molecule has 1 N–H and O–H groups in total. The second-order valence-corrected chi connectivity index (χ2v) is 8.14. The molecule has 6 nitrogen and oxygen atoms in total. The van der Waals surface area contributed by atoms with Crippen LogP contribution in [-0.4, -0.2) is 51.1 Å². The van der Waals surface area contributed by atoms with Crippen LogP contribution < -0.4 is 19.4 Å². The number of methoxy groups -OCH3 is 1. The lowest BCUT2D eigenvalue weighted by Crippen LogP contribution is -3.19. The number of nitrogens with one attached hydrogen (secondary N) is 1. The zero-order valence-corrected chi connectivity index (χ0v) is 17.6. The summed E-state index contributed by atoms with van der Waals surface area (Å²) in [6, 6.07) is 21.4. The summed E-state index contributed by atoms with van der Waals surface area (Å²) in [4.78, 5) is 31.2. The number of rotatable bonds is 4. The number of anilines is 2. The molecule has 0 saturated carbocycles. The fraction of sp³-hybridized carbons (Fsp3) is 0.280. The zero-order valence-electron chi connectivity index (χ0n) is 17.6. The lowest BCUT2D eigenvalue weighted by atomic mass is 10.1. The summed E-state index contributed by atoms with van der Waals surface area (Å²) in [5.74, 6) is 0.674. The molecule has 2 fully saturated rings. The highest BCUT2D eigenvalue weighted by atomic mass is 16.5. The number of piperazine rings is 1. The van der Waals surface area contributed by atoms with Crippen molar-refractivity contribution in [1.29, 1.82) is 0 Å². The van der Waals surface area contributed by atoms with Crippen LogP contribution in [0.3, 0.4) is 0 Å². The van der Waals surface area contributed by atoms with Crippen LogP contribution in [0.15, 0.2) is 66.7 Å². The number of ether oxygens (including phenoxy) is 1. The topological polar surface area (TPSA) is 54.3 Å². The predicted molar refractivity (Wildman–Crippen MR) is 121 cm³/mol. The van der Waals surface area contributed by atoms with Gasteiger partial charge in [-0.25, -0.2) is 4.90 Å². The molecule has 2 saturated heterocycles. The first-order valence-electron chi connectivity index (χ1n) is 10.7. The number of carbonyl (C=O) groups excluding carboxylic acids is 2. The van der Waals surface area contributed by atoms with Gasteiger partial charge in [-0.05, 0) is 23.6 Å². The van der Waals surface area contributed by atoms with Gasteiger partial charge in [-0.1, -0.05) is 48.5 Å². The minimum absolute atomic E-state index is 0.0814. The highest BCUT2D eigenvalue weighted by Gasteiger charge is 2.46. The molecule has 0 bridgehead atoms. The van der Waals surface area contributed by atoms with Crippen molar-refractivity contribution in [3.63, 3.8) is 0 Å². The van der Waals surface area contributed by atoms with Crippen molar-refractivity contribution in [2.75, 3.05) is 43.1 Å². The summed E-state index contributed by atoms with van der Waals surface area (Å²) < 4.78 is 5.50. The minimum atomic E-state index is -0.314. The van der Waals surface area contributed by atoms with Gasteiger partial charge < -0.3 is 14.5 Å². The quantitative estimate of drug-likeness (QED) is 0.660. The smallest absolute Gasteiger partial charge is 0.292 e. The van der Waals surface area contributed by atoms with Crippen LogP contribution in [-0.2, 0) is 9.59 Å². The van der Waals surface area contributed by atoms with Gasteiger partial charge in [0.05, 0.1) is 51.1 Å². The number of nitrogens with zero attached hydrogens (tertiary/aromatic N) is 2. The van der Waals surface area contributed by atoms with Crippen LogP contribution >= 0.6 is 0 Å². The van der Waals surface area contributed by atoms with Crippen molar-refractivity contribution < 1.29 is 19.2 Å². The third-order valence-electron chi connectivity index (χ3n) is 6.48. The summed E-state index contributed by atoms with van der Waals surface area (Å²) in [5, 5.41) is 1.96. The lowest BCUT2D eigenvalue weighted by Gasteiger charge is -2.36. The van der Waals surface area contributed by atoms with Gasteiger partial charge in [0.1, 0.15) is 5.75 Å². The maximum atomic E-state index is 13.4. The van der Waals surface area contributed by atoms with Crippen LogP contribution in [0.1, 0.15) is 6.42 Å². The Bertz CT molecular complexity index is 1130. The summed E-state index contributed by atoms with van der Waals surface area (Å²) in [5.41, 5.74) is 1.78. The number of amides is 2. The Labute approximate surface area is 181 Å². The Morgan fingerprint density at radius 3 is 2.35 bits per heavy atom. The highest BCUT2D eigenvalue weighted by molar-refractivity contribution is 6.24. The van der Waals surface area contributed by atoms with E-state index in [4.69, 9.17) is 4.74 Å². The molecule has 6 heteroatoms. The molecule has 0 radical (unpaired) electrons. The van der Waals surface area contributed by atoms with E-state index in [9.17, 15) is 9.59 Å². The van der Waals surface area contributed by atoms with Gasteiger partial charge in [0.25, 0.3) is 5.91 Å². The molecular weight excluding hydrogens is 390 g/mol. The van der Waals surface area contributed by atoms with Gasteiger partial charge in [0.2, 0.25) is 5.91 Å². The van der Waals surface area contributed by atoms with E-state index in [1.807, 2.05) is 60.7 Å². The van der Waals surface area contributed by atoms with Crippen LogP contribution in [0, 0.1) is 0 Å². The van der Waals surface area contributed by atoms with E-state index in [-0.39, 0.29) is 24.3 Å². The summed E-state index contributed by atoms with van der Waals surface area (Å²) in [7, 11) is 1.69. The van der Waals surface area contributed by atoms with E-state index in [0.29, 0.717) is 5.69 Å². The van der Waals surface area contributed by atoms with Crippen LogP contribution in [0.2, 0.25) is 0 Å². The van der Waals surface area contributed by atoms with E-state index in [1.165, 1.54) is 9.80 Å². The number of fused-ring (bicyclic) bond motifs is 1. The van der Waals surface area contributed by atoms with E-state index in [2.05, 4.69) is 11.0 Å². The monoisotopic (exact) mass is 416 g/mol. The summed E-state index contributed by atoms with van der Waals surface area (Å²) in [6.45, 7) is 3.26. The Kier molecular flexibility index (Phi) is 5.08. The molecule has 0 aromatic heterocycles. The van der Waals surface area contributed by atoms with Crippen molar-refractivity contribution in [2.24, 2.45) is 0 Å². The molecule has 2 aliphatic rings. The summed E-state index contributed by atoms with van der Waals surface area (Å²) in [6.07, 6.45) is 0.270. The number of benzene rings is 3. The lowest BCUT2D eigenvalue weighted by molar-refractivity contribution is -0.915. The number of para-hydroxylation sites is 2. The van der Waals surface area contributed by atoms with Gasteiger partial charge >= 0.3 is 0 Å². The molecule has 0 unspecified atom stereocenters. The van der Waals surface area contributed by atoms with Crippen LogP contribution in [0.5, 0.6) is 5.75 Å². The van der Waals surface area contributed by atoms with E-state index >= 15 is 0 Å². The molecule has 2 heterocycles. The molecule has 0 aliphatic carbocycles. The largest absolute Gasteiger partial charge is 0.495 e. The first-order chi connectivity index (χ1) is 15.2. The molecule has 3 aromatic carbocycles. The second kappa shape index (κ2) is 8.04. The molecular formula is C25H26N3O3+. The van der Waals surface area contributed by atoms with E-state index in [1.54, 1.807) is 7.11 Å². The first kappa shape index (κ1) is 19.6. The molecule has 3 aromatic rings. The van der Waals surface area contributed by atoms with Gasteiger partial charge in [0.15, 0.2) is 6.04 Å². The Morgan fingerprint density at radius 1 is 0.871 bits per heavy atom. The Morgan fingerprint density at radius 2 is 1.55 bits per heavy atom. The van der Waals surface area contributed by atoms with Gasteiger partial charge in [-0.15, -0.1) is 0 Å². The maximum Gasteiger partial charge on any atom is 0.292 e. The predicted octanol–water partition coefficient (Wildman–Crippen LogP) is 1.89. The van der Waals surface area contributed by atoms with Gasteiger partial charge in [0, 0.05) is 5.39 Å². The highest BCUT2D eigenvalue weighted by Crippen LogP contribution is 2.31.